The predicted octanol–water partition coefficient (Wildman–Crippen LogP) is 0.813. The SMILES string of the molecule is CC(C(=O)NCCC1=CCCCC1)N1CCNC(=O)C1. The summed E-state index contributed by atoms with van der Waals surface area (Å²) >= 11 is 0. The zero-order valence-corrected chi connectivity index (χ0v) is 12.3. The third-order valence-corrected chi connectivity index (χ3v) is 4.13. The van der Waals surface area contributed by atoms with E-state index < -0.39 is 0 Å². The highest BCUT2D eigenvalue weighted by molar-refractivity contribution is 5.83. The van der Waals surface area contributed by atoms with Gasteiger partial charge in [-0.3, -0.25) is 14.5 Å². The summed E-state index contributed by atoms with van der Waals surface area (Å²) in [4.78, 5) is 25.3. The summed E-state index contributed by atoms with van der Waals surface area (Å²) in [5.74, 6) is 0.0272. The van der Waals surface area contributed by atoms with E-state index in [2.05, 4.69) is 16.7 Å². The lowest BCUT2D eigenvalue weighted by atomic mass is 9.97. The van der Waals surface area contributed by atoms with Gasteiger partial charge in [-0.25, -0.2) is 0 Å². The van der Waals surface area contributed by atoms with E-state index in [1.807, 2.05) is 11.8 Å². The van der Waals surface area contributed by atoms with Crippen LogP contribution in [-0.2, 0) is 9.59 Å². The molecule has 5 heteroatoms. The molecule has 0 saturated carbocycles. The fourth-order valence-electron chi connectivity index (χ4n) is 2.78. The molecule has 2 aliphatic rings. The Balaban J connectivity index is 1.70. The van der Waals surface area contributed by atoms with Gasteiger partial charge in [0.2, 0.25) is 11.8 Å². The number of rotatable bonds is 5. The van der Waals surface area contributed by atoms with Crippen molar-refractivity contribution in [3.05, 3.63) is 11.6 Å². The molecule has 5 nitrogen and oxygen atoms in total. The Kier molecular flexibility index (Phi) is 5.59. The van der Waals surface area contributed by atoms with E-state index in [1.54, 1.807) is 0 Å². The van der Waals surface area contributed by atoms with Crippen LogP contribution in [0.2, 0.25) is 0 Å². The molecule has 0 aromatic rings. The first-order valence-electron chi connectivity index (χ1n) is 7.63. The molecule has 1 saturated heterocycles. The second-order valence-corrected chi connectivity index (χ2v) is 5.65. The number of amides is 2. The van der Waals surface area contributed by atoms with Crippen molar-refractivity contribution < 1.29 is 9.59 Å². The van der Waals surface area contributed by atoms with Gasteiger partial charge in [-0.05, 0) is 39.0 Å². The van der Waals surface area contributed by atoms with E-state index in [0.717, 1.165) is 13.0 Å². The van der Waals surface area contributed by atoms with Gasteiger partial charge in [-0.2, -0.15) is 0 Å². The van der Waals surface area contributed by atoms with Crippen molar-refractivity contribution in [3.63, 3.8) is 0 Å². The third-order valence-electron chi connectivity index (χ3n) is 4.13. The number of piperazine rings is 1. The van der Waals surface area contributed by atoms with Crippen molar-refractivity contribution in [3.8, 4) is 0 Å². The number of hydrogen-bond acceptors (Lipinski definition) is 3. The molecular formula is C15H25N3O2. The Hall–Kier alpha value is -1.36. The third kappa shape index (κ3) is 4.34. The molecule has 1 unspecified atom stereocenters. The molecular weight excluding hydrogens is 254 g/mol. The maximum Gasteiger partial charge on any atom is 0.237 e. The Morgan fingerprint density at radius 1 is 1.50 bits per heavy atom. The average molecular weight is 279 g/mol. The summed E-state index contributed by atoms with van der Waals surface area (Å²) in [6.45, 7) is 4.26. The zero-order chi connectivity index (χ0) is 14.4. The van der Waals surface area contributed by atoms with Gasteiger partial charge >= 0.3 is 0 Å². The largest absolute Gasteiger partial charge is 0.354 e. The van der Waals surface area contributed by atoms with Crippen LogP contribution in [0.5, 0.6) is 0 Å². The molecule has 1 fully saturated rings. The second-order valence-electron chi connectivity index (χ2n) is 5.65. The van der Waals surface area contributed by atoms with Crippen LogP contribution < -0.4 is 10.6 Å². The summed E-state index contributed by atoms with van der Waals surface area (Å²) in [5, 5.41) is 5.76. The first kappa shape index (κ1) is 15.0. The van der Waals surface area contributed by atoms with Crippen molar-refractivity contribution in [2.75, 3.05) is 26.2 Å². The quantitative estimate of drug-likeness (QED) is 0.732. The lowest BCUT2D eigenvalue weighted by molar-refractivity contribution is -0.130. The molecule has 0 spiro atoms. The highest BCUT2D eigenvalue weighted by Gasteiger charge is 2.25. The van der Waals surface area contributed by atoms with E-state index in [1.165, 1.54) is 31.3 Å². The number of hydrogen-bond donors (Lipinski definition) is 2. The second kappa shape index (κ2) is 7.43. The van der Waals surface area contributed by atoms with Crippen LogP contribution in [0.15, 0.2) is 11.6 Å². The Bertz CT molecular complexity index is 393. The van der Waals surface area contributed by atoms with Crippen LogP contribution in [0.25, 0.3) is 0 Å². The number of carbonyl (C=O) groups is 2. The number of nitrogens with zero attached hydrogens (tertiary/aromatic N) is 1. The van der Waals surface area contributed by atoms with Crippen LogP contribution in [0.1, 0.15) is 39.0 Å². The summed E-state index contributed by atoms with van der Waals surface area (Å²) in [7, 11) is 0. The standard InChI is InChI=1S/C15H25N3O2/c1-12(18-10-9-16-14(19)11-18)15(20)17-8-7-13-5-3-2-4-6-13/h5,12H,2-4,6-11H2,1H3,(H,16,19)(H,17,20). The Morgan fingerprint density at radius 2 is 2.35 bits per heavy atom. The number of nitrogens with one attached hydrogen (secondary N) is 2. The van der Waals surface area contributed by atoms with E-state index >= 15 is 0 Å². The summed E-state index contributed by atoms with van der Waals surface area (Å²) in [6.07, 6.45) is 8.20. The molecule has 1 aliphatic heterocycles. The van der Waals surface area contributed by atoms with Crippen molar-refractivity contribution in [2.24, 2.45) is 0 Å². The van der Waals surface area contributed by atoms with E-state index in [-0.39, 0.29) is 17.9 Å². The summed E-state index contributed by atoms with van der Waals surface area (Å²) < 4.78 is 0. The molecule has 0 radical (unpaired) electrons. The molecule has 2 amide bonds. The van der Waals surface area contributed by atoms with Crippen LogP contribution in [0.3, 0.4) is 0 Å². The van der Waals surface area contributed by atoms with Crippen LogP contribution in [0, 0.1) is 0 Å². The van der Waals surface area contributed by atoms with Crippen LogP contribution >= 0.6 is 0 Å². The van der Waals surface area contributed by atoms with Crippen molar-refractivity contribution in [1.82, 2.24) is 15.5 Å². The monoisotopic (exact) mass is 279 g/mol. The predicted molar refractivity (Wildman–Crippen MR) is 78.2 cm³/mol. The Morgan fingerprint density at radius 3 is 3.05 bits per heavy atom. The zero-order valence-electron chi connectivity index (χ0n) is 12.3. The molecule has 2 N–H and O–H groups in total. The van der Waals surface area contributed by atoms with Gasteiger partial charge in [-0.1, -0.05) is 11.6 Å². The van der Waals surface area contributed by atoms with Gasteiger partial charge in [0.05, 0.1) is 12.6 Å². The smallest absolute Gasteiger partial charge is 0.237 e. The first-order valence-corrected chi connectivity index (χ1v) is 7.63. The maximum absolute atomic E-state index is 12.1. The molecule has 20 heavy (non-hydrogen) atoms. The Labute approximate surface area is 120 Å². The number of allylic oxidation sites excluding steroid dienone is 1. The molecule has 1 aliphatic carbocycles. The van der Waals surface area contributed by atoms with E-state index in [9.17, 15) is 9.59 Å². The van der Waals surface area contributed by atoms with Gasteiger partial charge in [0, 0.05) is 19.6 Å². The highest BCUT2D eigenvalue weighted by atomic mass is 16.2. The van der Waals surface area contributed by atoms with Crippen molar-refractivity contribution >= 4 is 11.8 Å². The fourth-order valence-corrected chi connectivity index (χ4v) is 2.78. The molecule has 0 aromatic carbocycles. The van der Waals surface area contributed by atoms with Gasteiger partial charge in [0.15, 0.2) is 0 Å². The van der Waals surface area contributed by atoms with Gasteiger partial charge in [0.25, 0.3) is 0 Å². The minimum absolute atomic E-state index is 0.00302. The van der Waals surface area contributed by atoms with Gasteiger partial charge in [-0.15, -0.1) is 0 Å². The lowest BCUT2D eigenvalue weighted by Gasteiger charge is -2.31. The fraction of sp³-hybridized carbons (Fsp3) is 0.733. The number of carbonyl (C=O) groups excluding carboxylic acids is 2. The topological polar surface area (TPSA) is 61.4 Å². The highest BCUT2D eigenvalue weighted by Crippen LogP contribution is 2.19. The van der Waals surface area contributed by atoms with Crippen LogP contribution in [-0.4, -0.2) is 48.9 Å². The van der Waals surface area contributed by atoms with E-state index in [0.29, 0.717) is 19.6 Å². The summed E-state index contributed by atoms with van der Waals surface area (Å²) in [6, 6.07) is -0.235. The minimum atomic E-state index is -0.235. The van der Waals surface area contributed by atoms with Crippen LogP contribution in [0.4, 0.5) is 0 Å². The molecule has 112 valence electrons. The van der Waals surface area contributed by atoms with Crippen molar-refractivity contribution in [2.45, 2.75) is 45.1 Å². The average Bonchev–Trinajstić information content (AvgIpc) is 2.47. The van der Waals surface area contributed by atoms with Gasteiger partial charge in [0.1, 0.15) is 0 Å². The minimum Gasteiger partial charge on any atom is -0.354 e. The lowest BCUT2D eigenvalue weighted by Crippen LogP contribution is -2.55. The van der Waals surface area contributed by atoms with Gasteiger partial charge < -0.3 is 10.6 Å². The van der Waals surface area contributed by atoms with E-state index in [4.69, 9.17) is 0 Å². The molecule has 0 bridgehead atoms. The molecule has 0 aromatic heterocycles. The first-order chi connectivity index (χ1) is 9.66. The molecule has 1 heterocycles. The molecule has 1 atom stereocenters. The molecule has 2 rings (SSSR count). The maximum atomic E-state index is 12.1. The normalized spacial score (nSPS) is 21.9. The van der Waals surface area contributed by atoms with Crippen molar-refractivity contribution in [1.29, 1.82) is 0 Å². The summed E-state index contributed by atoms with van der Waals surface area (Å²) in [5.41, 5.74) is 1.47.